The van der Waals surface area contributed by atoms with Crippen molar-refractivity contribution >= 4 is 5.78 Å². The third-order valence-electron chi connectivity index (χ3n) is 2.36. The van der Waals surface area contributed by atoms with Crippen molar-refractivity contribution in [1.82, 2.24) is 0 Å². The van der Waals surface area contributed by atoms with Crippen LogP contribution in [0.5, 0.6) is 0 Å². The first-order valence-corrected chi connectivity index (χ1v) is 5.62. The summed E-state index contributed by atoms with van der Waals surface area (Å²) in [6.45, 7) is -0.200. The minimum atomic E-state index is -4.22. The fourth-order valence-electron chi connectivity index (χ4n) is 1.46. The molecule has 19 heavy (non-hydrogen) atoms. The summed E-state index contributed by atoms with van der Waals surface area (Å²) in [5.41, 5.74) is 1.70. The van der Waals surface area contributed by atoms with E-state index >= 15 is 0 Å². The fourth-order valence-corrected chi connectivity index (χ4v) is 1.46. The van der Waals surface area contributed by atoms with Gasteiger partial charge in [0.1, 0.15) is 13.2 Å². The highest BCUT2D eigenvalue weighted by atomic mass is 19.3. The number of carbonyl (C=O) groups excluding carboxylic acids is 1. The first-order chi connectivity index (χ1) is 8.81. The number of halogens is 4. The molecule has 1 aromatic rings. The zero-order valence-corrected chi connectivity index (χ0v) is 10.3. The number of hydrogen-bond donors (Lipinski definition) is 0. The number of hydrogen-bond acceptors (Lipinski definition) is 2. The van der Waals surface area contributed by atoms with Gasteiger partial charge in [-0.05, 0) is 12.5 Å². The van der Waals surface area contributed by atoms with E-state index in [0.29, 0.717) is 0 Å². The maximum Gasteiger partial charge on any atom is 0.330 e. The number of ether oxygens (including phenoxy) is 1. The van der Waals surface area contributed by atoms with E-state index in [2.05, 4.69) is 4.74 Å². The van der Waals surface area contributed by atoms with E-state index in [1.165, 1.54) is 0 Å². The topological polar surface area (TPSA) is 26.3 Å². The Morgan fingerprint density at radius 1 is 1.37 bits per heavy atom. The van der Waals surface area contributed by atoms with Gasteiger partial charge < -0.3 is 4.74 Å². The molecule has 0 aromatic heterocycles. The van der Waals surface area contributed by atoms with Crippen LogP contribution in [0, 0.1) is 6.92 Å². The van der Waals surface area contributed by atoms with Gasteiger partial charge in [-0.15, -0.1) is 0 Å². The highest BCUT2D eigenvalue weighted by Crippen LogP contribution is 2.22. The second-order valence-electron chi connectivity index (χ2n) is 4.26. The lowest BCUT2D eigenvalue weighted by Gasteiger charge is -2.14. The van der Waals surface area contributed by atoms with Crippen LogP contribution in [-0.2, 0) is 16.0 Å². The molecule has 0 atom stereocenters. The van der Waals surface area contributed by atoms with Crippen molar-refractivity contribution in [2.45, 2.75) is 25.7 Å². The summed E-state index contributed by atoms with van der Waals surface area (Å²) in [6, 6.07) is 7.13. The zero-order chi connectivity index (χ0) is 14.5. The van der Waals surface area contributed by atoms with Crippen LogP contribution in [0.2, 0.25) is 0 Å². The standard InChI is InChI=1S/C13H14F4O2/c1-9-3-2-4-10(5-9)6-11(18)7-19-8-13(16,17)12(14)15/h2-5,12H,6-8H2,1H3. The van der Waals surface area contributed by atoms with E-state index in [-0.39, 0.29) is 6.42 Å². The third kappa shape index (κ3) is 5.38. The first kappa shape index (κ1) is 15.6. The van der Waals surface area contributed by atoms with Crippen molar-refractivity contribution in [3.8, 4) is 0 Å². The lowest BCUT2D eigenvalue weighted by atomic mass is 10.1. The van der Waals surface area contributed by atoms with Crippen LogP contribution in [-0.4, -0.2) is 31.3 Å². The molecule has 0 heterocycles. The Hall–Kier alpha value is -1.43. The van der Waals surface area contributed by atoms with Crippen molar-refractivity contribution in [1.29, 1.82) is 0 Å². The van der Waals surface area contributed by atoms with E-state index in [1.54, 1.807) is 18.2 Å². The summed E-state index contributed by atoms with van der Waals surface area (Å²) in [4.78, 5) is 11.4. The number of benzene rings is 1. The number of carbonyl (C=O) groups is 1. The van der Waals surface area contributed by atoms with Crippen LogP contribution in [0.15, 0.2) is 24.3 Å². The van der Waals surface area contributed by atoms with Gasteiger partial charge in [-0.1, -0.05) is 29.8 Å². The predicted octanol–water partition coefficient (Wildman–Crippen LogP) is 3.02. The number of ketones is 1. The van der Waals surface area contributed by atoms with Crippen LogP contribution in [0.1, 0.15) is 11.1 Å². The predicted molar refractivity (Wildman–Crippen MR) is 61.7 cm³/mol. The molecule has 106 valence electrons. The summed E-state index contributed by atoms with van der Waals surface area (Å²) < 4.78 is 53.0. The number of rotatable bonds is 7. The van der Waals surface area contributed by atoms with Gasteiger partial charge >= 0.3 is 12.3 Å². The van der Waals surface area contributed by atoms with Gasteiger partial charge in [-0.25, -0.2) is 8.78 Å². The SMILES string of the molecule is Cc1cccc(CC(=O)COCC(F)(F)C(F)F)c1. The van der Waals surface area contributed by atoms with E-state index < -0.39 is 31.3 Å². The molecule has 1 aromatic carbocycles. The maximum absolute atomic E-state index is 12.5. The Morgan fingerprint density at radius 2 is 2.05 bits per heavy atom. The lowest BCUT2D eigenvalue weighted by molar-refractivity contribution is -0.168. The average Bonchev–Trinajstić information content (AvgIpc) is 2.28. The minimum absolute atomic E-state index is 0.0297. The molecule has 0 aliphatic rings. The molecule has 0 bridgehead atoms. The van der Waals surface area contributed by atoms with Crippen LogP contribution in [0.3, 0.4) is 0 Å². The Kier molecular flexibility index (Phi) is 5.47. The van der Waals surface area contributed by atoms with Crippen molar-refractivity contribution in [3.05, 3.63) is 35.4 Å². The Labute approximate surface area is 108 Å². The van der Waals surface area contributed by atoms with Gasteiger partial charge in [-0.2, -0.15) is 8.78 Å². The molecule has 0 aliphatic carbocycles. The van der Waals surface area contributed by atoms with Crippen LogP contribution >= 0.6 is 0 Å². The molecular weight excluding hydrogens is 264 g/mol. The van der Waals surface area contributed by atoms with Crippen LogP contribution in [0.4, 0.5) is 17.6 Å². The van der Waals surface area contributed by atoms with Gasteiger partial charge in [-0.3, -0.25) is 4.79 Å². The summed E-state index contributed by atoms with van der Waals surface area (Å²) >= 11 is 0. The number of Topliss-reactive ketones (excluding diaryl/α,β-unsaturated/α-hetero) is 1. The van der Waals surface area contributed by atoms with Crippen molar-refractivity contribution < 1.29 is 27.1 Å². The Bertz CT molecular complexity index is 432. The Balaban J connectivity index is 2.37. The summed E-state index contributed by atoms with van der Waals surface area (Å²) in [5.74, 6) is -4.65. The molecule has 0 aliphatic heterocycles. The molecule has 0 spiro atoms. The van der Waals surface area contributed by atoms with Gasteiger partial charge in [0.15, 0.2) is 5.78 Å². The first-order valence-electron chi connectivity index (χ1n) is 5.62. The largest absolute Gasteiger partial charge is 0.367 e. The molecule has 0 amide bonds. The molecular formula is C13H14F4O2. The third-order valence-corrected chi connectivity index (χ3v) is 2.36. The maximum atomic E-state index is 12.5. The summed E-state index contributed by atoms with van der Waals surface area (Å²) in [7, 11) is 0. The van der Waals surface area contributed by atoms with E-state index in [1.807, 2.05) is 13.0 Å². The fraction of sp³-hybridized carbons (Fsp3) is 0.462. The van der Waals surface area contributed by atoms with E-state index in [9.17, 15) is 22.4 Å². The molecule has 0 fully saturated rings. The number of alkyl halides is 4. The lowest BCUT2D eigenvalue weighted by Crippen LogP contribution is -2.33. The van der Waals surface area contributed by atoms with E-state index in [4.69, 9.17) is 0 Å². The van der Waals surface area contributed by atoms with E-state index in [0.717, 1.165) is 11.1 Å². The van der Waals surface area contributed by atoms with Gasteiger partial charge in [0.2, 0.25) is 0 Å². The summed E-state index contributed by atoms with van der Waals surface area (Å²) in [5, 5.41) is 0. The van der Waals surface area contributed by atoms with Crippen molar-refractivity contribution in [2.24, 2.45) is 0 Å². The molecule has 0 saturated heterocycles. The highest BCUT2D eigenvalue weighted by Gasteiger charge is 2.41. The van der Waals surface area contributed by atoms with Gasteiger partial charge in [0, 0.05) is 6.42 Å². The van der Waals surface area contributed by atoms with Gasteiger partial charge in [0.05, 0.1) is 0 Å². The second-order valence-corrected chi connectivity index (χ2v) is 4.26. The second kappa shape index (κ2) is 6.65. The van der Waals surface area contributed by atoms with Crippen LogP contribution < -0.4 is 0 Å². The monoisotopic (exact) mass is 278 g/mol. The molecule has 6 heteroatoms. The zero-order valence-electron chi connectivity index (χ0n) is 10.3. The van der Waals surface area contributed by atoms with Crippen LogP contribution in [0.25, 0.3) is 0 Å². The number of aryl methyl sites for hydroxylation is 1. The normalized spacial score (nSPS) is 11.9. The highest BCUT2D eigenvalue weighted by molar-refractivity contribution is 5.82. The minimum Gasteiger partial charge on any atom is -0.367 e. The Morgan fingerprint density at radius 3 is 2.63 bits per heavy atom. The quantitative estimate of drug-likeness (QED) is 0.717. The summed E-state index contributed by atoms with van der Waals surface area (Å²) in [6.07, 6.45) is -3.76. The molecule has 0 N–H and O–H groups in total. The molecule has 0 radical (unpaired) electrons. The molecule has 2 nitrogen and oxygen atoms in total. The molecule has 1 rings (SSSR count). The molecule has 0 unspecified atom stereocenters. The molecule has 0 saturated carbocycles. The van der Waals surface area contributed by atoms with Gasteiger partial charge in [0.25, 0.3) is 0 Å². The smallest absolute Gasteiger partial charge is 0.330 e. The van der Waals surface area contributed by atoms with Crippen molar-refractivity contribution in [2.75, 3.05) is 13.2 Å². The average molecular weight is 278 g/mol. The van der Waals surface area contributed by atoms with Crippen molar-refractivity contribution in [3.63, 3.8) is 0 Å².